The molecule has 0 aromatic heterocycles. The van der Waals surface area contributed by atoms with Gasteiger partial charge >= 0.3 is 22.5 Å². The van der Waals surface area contributed by atoms with Crippen LogP contribution in [0, 0.1) is 0 Å². The van der Waals surface area contributed by atoms with Crippen molar-refractivity contribution in [3.8, 4) is 0 Å². The molecule has 1 unspecified atom stereocenters. The van der Waals surface area contributed by atoms with Crippen molar-refractivity contribution in [1.29, 1.82) is 0 Å². The van der Waals surface area contributed by atoms with Gasteiger partial charge in [-0.2, -0.15) is 4.31 Å². The van der Waals surface area contributed by atoms with Crippen LogP contribution in [-0.2, 0) is 37.4 Å². The SMILES string of the molecule is O=P(=O)[SH]=P(O)(O)OP(=O)(O)OP(=O)(O)O. The lowest BCUT2D eigenvalue weighted by atomic mass is 15.7. The van der Waals surface area contributed by atoms with E-state index in [1.165, 1.54) is 0 Å². The maximum absolute atomic E-state index is 10.8. The Morgan fingerprint density at radius 2 is 1.38 bits per heavy atom. The van der Waals surface area contributed by atoms with Crippen LogP contribution in [0.5, 0.6) is 0 Å². The highest BCUT2D eigenvalue weighted by Gasteiger charge is 2.37. The summed E-state index contributed by atoms with van der Waals surface area (Å²) in [5.74, 6) is 0. The average molecular weight is 338 g/mol. The van der Waals surface area contributed by atoms with E-state index < -0.39 is 39.8 Å². The van der Waals surface area contributed by atoms with Crippen LogP contribution in [0.2, 0.25) is 0 Å². The zero-order chi connectivity index (χ0) is 13.2. The van der Waals surface area contributed by atoms with E-state index >= 15 is 0 Å². The zero-order valence-electron chi connectivity index (χ0n) is 6.92. The van der Waals surface area contributed by atoms with Crippen LogP contribution in [0.15, 0.2) is 0 Å². The highest BCUT2D eigenvalue weighted by Crippen LogP contribution is 2.65. The molecule has 0 amide bonds. The summed E-state index contributed by atoms with van der Waals surface area (Å²) in [6.45, 7) is -8.17. The minimum Gasteiger partial charge on any atom is -0.328 e. The Morgan fingerprint density at radius 3 is 1.69 bits per heavy atom. The first-order chi connectivity index (χ1) is 6.83. The Labute approximate surface area is 91.7 Å². The van der Waals surface area contributed by atoms with Crippen LogP contribution in [-0.4, -0.2) is 24.5 Å². The molecule has 0 saturated carbocycles. The van der Waals surface area contributed by atoms with Gasteiger partial charge in [-0.3, -0.25) is 0 Å². The van der Waals surface area contributed by atoms with Gasteiger partial charge in [-0.25, -0.2) is 22.6 Å². The Balaban J connectivity index is 4.99. The van der Waals surface area contributed by atoms with Crippen molar-refractivity contribution in [2.24, 2.45) is 0 Å². The molecule has 0 fully saturated rings. The first-order valence-corrected chi connectivity index (χ1v) is 11.0. The van der Waals surface area contributed by atoms with E-state index in [1.54, 1.807) is 0 Å². The molecular formula is H6O11P4S. The highest BCUT2D eigenvalue weighted by molar-refractivity contribution is 8.49. The molecule has 0 heterocycles. The summed E-state index contributed by atoms with van der Waals surface area (Å²) in [5, 5.41) is 0. The van der Waals surface area contributed by atoms with Crippen LogP contribution < -0.4 is 0 Å². The molecule has 0 spiro atoms. The second-order valence-electron chi connectivity index (χ2n) is 1.96. The highest BCUT2D eigenvalue weighted by atomic mass is 32.9. The van der Waals surface area contributed by atoms with Gasteiger partial charge < -0.3 is 24.5 Å². The predicted molar refractivity (Wildman–Crippen MR) is 52.5 cm³/mol. The summed E-state index contributed by atoms with van der Waals surface area (Å²) in [4.78, 5) is 42.5. The monoisotopic (exact) mass is 338 g/mol. The van der Waals surface area contributed by atoms with Crippen molar-refractivity contribution in [3.05, 3.63) is 0 Å². The topological polar surface area (TPSA) is 188 Å². The largest absolute Gasteiger partial charge is 0.488 e. The van der Waals surface area contributed by atoms with Crippen LogP contribution in [0.4, 0.5) is 0 Å². The van der Waals surface area contributed by atoms with E-state index in [-0.39, 0.29) is 0 Å². The van der Waals surface area contributed by atoms with Gasteiger partial charge in [0.1, 0.15) is 0 Å². The molecule has 16 heavy (non-hydrogen) atoms. The number of hydrogen-bond donors (Lipinski definition) is 6. The molecule has 0 saturated heterocycles. The molecule has 0 bridgehead atoms. The summed E-state index contributed by atoms with van der Waals surface area (Å²) < 4.78 is 47.8. The van der Waals surface area contributed by atoms with E-state index in [0.717, 1.165) is 0 Å². The van der Waals surface area contributed by atoms with E-state index in [1.807, 2.05) is 0 Å². The Kier molecular flexibility index (Phi) is 5.97. The summed E-state index contributed by atoms with van der Waals surface area (Å²) >= 11 is 0. The second kappa shape index (κ2) is 5.67. The Hall–Kier alpha value is 0.860. The summed E-state index contributed by atoms with van der Waals surface area (Å²) in [6, 6.07) is 0. The average Bonchev–Trinajstić information content (AvgIpc) is 1.69. The van der Waals surface area contributed by atoms with Crippen LogP contribution in [0.25, 0.3) is 0 Å². The quantitative estimate of drug-likeness (QED) is 0.287. The smallest absolute Gasteiger partial charge is 0.328 e. The molecule has 0 aromatic carbocycles. The van der Waals surface area contributed by atoms with Gasteiger partial charge in [0.15, 0.2) is 0 Å². The zero-order valence-corrected chi connectivity index (χ0v) is 11.4. The molecule has 5 N–H and O–H groups in total. The molecule has 16 heteroatoms. The van der Waals surface area contributed by atoms with Crippen molar-refractivity contribution in [2.75, 3.05) is 0 Å². The van der Waals surface area contributed by atoms with Crippen molar-refractivity contribution >= 4 is 39.8 Å². The minimum atomic E-state index is -5.48. The fraction of sp³-hybridized carbons (Fsp3) is 0. The third kappa shape index (κ3) is 8.95. The summed E-state index contributed by atoms with van der Waals surface area (Å²) in [6.07, 6.45) is 0. The summed E-state index contributed by atoms with van der Waals surface area (Å²) in [7, 11) is -12.0. The number of hydrogen-bond acceptors (Lipinski definition) is 6. The molecule has 0 aromatic rings. The third-order valence-corrected chi connectivity index (χ3v) is 9.58. The van der Waals surface area contributed by atoms with Gasteiger partial charge in [0.05, 0.1) is 0 Å². The number of thiol groups is 1. The van der Waals surface area contributed by atoms with Crippen LogP contribution in [0.1, 0.15) is 0 Å². The van der Waals surface area contributed by atoms with Gasteiger partial charge in [0, 0.05) is 0 Å². The van der Waals surface area contributed by atoms with Gasteiger partial charge in [-0.1, -0.05) is 0 Å². The molecule has 11 nitrogen and oxygen atoms in total. The number of rotatable bonds is 5. The van der Waals surface area contributed by atoms with Gasteiger partial charge in [-0.15, -0.1) is 0 Å². The lowest BCUT2D eigenvalue weighted by molar-refractivity contribution is 0.221. The fourth-order valence-electron chi connectivity index (χ4n) is 0.399. The van der Waals surface area contributed by atoms with Crippen LogP contribution in [0.3, 0.4) is 0 Å². The molecule has 1 atom stereocenters. The Bertz CT molecular complexity index is 448. The standard InChI is InChI=1S/H6O11P4S/c1-12(2)16-15(8,9)11-14(6,7)10-13(3,4)5/h8-9,16H,(H,6,7)(H2,3,4,5). The molecule has 0 aliphatic heterocycles. The summed E-state index contributed by atoms with van der Waals surface area (Å²) in [5.41, 5.74) is 0. The first-order valence-electron chi connectivity index (χ1n) is 2.86. The maximum Gasteiger partial charge on any atom is 0.488 e. The van der Waals surface area contributed by atoms with Crippen LogP contribution >= 0.6 is 29.2 Å². The van der Waals surface area contributed by atoms with Crippen molar-refractivity contribution in [2.45, 2.75) is 0 Å². The molecule has 0 aliphatic rings. The van der Waals surface area contributed by atoms with E-state index in [4.69, 9.17) is 24.5 Å². The molecule has 98 valence electrons. The van der Waals surface area contributed by atoms with Crippen molar-refractivity contribution in [3.63, 3.8) is 0 Å². The van der Waals surface area contributed by atoms with E-state index in [0.29, 0.717) is 0 Å². The normalized spacial score (nSPS) is 16.8. The lowest BCUT2D eigenvalue weighted by Crippen LogP contribution is -1.92. The van der Waals surface area contributed by atoms with Crippen molar-refractivity contribution in [1.82, 2.24) is 0 Å². The maximum atomic E-state index is 10.8. The predicted octanol–water partition coefficient (Wildman–Crippen LogP) is -0.222. The minimum absolute atomic E-state index is 1.12. The molecule has 0 aliphatic carbocycles. The third-order valence-electron chi connectivity index (χ3n) is 0.612. The lowest BCUT2D eigenvalue weighted by Gasteiger charge is -2.15. The van der Waals surface area contributed by atoms with Crippen molar-refractivity contribution < 1.29 is 51.3 Å². The fourth-order valence-corrected chi connectivity index (χ4v) is 7.58. The Morgan fingerprint density at radius 1 is 0.938 bits per heavy atom. The van der Waals surface area contributed by atoms with Gasteiger partial charge in [0.25, 0.3) is 6.72 Å². The molecule has 0 radical (unpaired) electrons. The number of phosphoric acid groups is 2. The second-order valence-corrected chi connectivity index (χ2v) is 11.6. The van der Waals surface area contributed by atoms with E-state index in [9.17, 15) is 18.3 Å². The molecule has 0 rings (SSSR count). The van der Waals surface area contributed by atoms with E-state index in [2.05, 4.69) is 8.62 Å². The van der Waals surface area contributed by atoms with Gasteiger partial charge in [0.2, 0.25) is 0 Å². The van der Waals surface area contributed by atoms with Gasteiger partial charge in [-0.05, 0) is 10.6 Å². The molecular weight excluding hydrogens is 332 g/mol. The first kappa shape index (κ1) is 16.9.